The van der Waals surface area contributed by atoms with E-state index >= 15 is 0 Å². The SMILES string of the molecule is Cc1nn(C)c2nc(-c3ccco3)cc(C(=O)NCC3CCN(c4ccc(F)c(F)c4)C3)c12. The van der Waals surface area contributed by atoms with Crippen LogP contribution in [0.2, 0.25) is 0 Å². The zero-order valence-corrected chi connectivity index (χ0v) is 18.3. The molecule has 1 N–H and O–H groups in total. The summed E-state index contributed by atoms with van der Waals surface area (Å²) >= 11 is 0. The Kier molecular flexibility index (Phi) is 5.32. The molecule has 170 valence electrons. The largest absolute Gasteiger partial charge is 0.463 e. The van der Waals surface area contributed by atoms with Gasteiger partial charge in [-0.15, -0.1) is 0 Å². The van der Waals surface area contributed by atoms with Crippen LogP contribution in [0.5, 0.6) is 0 Å². The van der Waals surface area contributed by atoms with Crippen molar-refractivity contribution < 1.29 is 18.0 Å². The predicted molar refractivity (Wildman–Crippen MR) is 120 cm³/mol. The fraction of sp³-hybridized carbons (Fsp3) is 0.292. The molecule has 0 spiro atoms. The fourth-order valence-electron chi connectivity index (χ4n) is 4.42. The first-order valence-corrected chi connectivity index (χ1v) is 10.8. The van der Waals surface area contributed by atoms with Crippen molar-refractivity contribution in [3.8, 4) is 11.5 Å². The second-order valence-electron chi connectivity index (χ2n) is 8.35. The van der Waals surface area contributed by atoms with Crippen molar-refractivity contribution in [2.24, 2.45) is 13.0 Å². The summed E-state index contributed by atoms with van der Waals surface area (Å²) in [6.07, 6.45) is 2.41. The maximum Gasteiger partial charge on any atom is 0.252 e. The summed E-state index contributed by atoms with van der Waals surface area (Å²) in [5.41, 5.74) is 3.03. The van der Waals surface area contributed by atoms with E-state index in [4.69, 9.17) is 4.42 Å². The number of carbonyl (C=O) groups excluding carboxylic acids is 1. The summed E-state index contributed by atoms with van der Waals surface area (Å²) in [6.45, 7) is 3.69. The van der Waals surface area contributed by atoms with Gasteiger partial charge < -0.3 is 14.6 Å². The highest BCUT2D eigenvalue weighted by molar-refractivity contribution is 6.07. The zero-order chi connectivity index (χ0) is 23.1. The quantitative estimate of drug-likeness (QED) is 0.495. The number of anilines is 1. The number of hydrogen-bond donors (Lipinski definition) is 1. The third kappa shape index (κ3) is 3.94. The number of nitrogens with one attached hydrogen (secondary N) is 1. The van der Waals surface area contributed by atoms with Crippen molar-refractivity contribution >= 4 is 22.6 Å². The van der Waals surface area contributed by atoms with Crippen molar-refractivity contribution in [2.75, 3.05) is 24.5 Å². The number of pyridine rings is 1. The molecular weight excluding hydrogens is 428 g/mol. The Hall–Kier alpha value is -3.75. The molecule has 1 unspecified atom stereocenters. The van der Waals surface area contributed by atoms with E-state index in [1.807, 2.05) is 11.8 Å². The highest BCUT2D eigenvalue weighted by atomic mass is 19.2. The van der Waals surface area contributed by atoms with Crippen molar-refractivity contribution in [1.29, 1.82) is 0 Å². The molecule has 0 aliphatic carbocycles. The lowest BCUT2D eigenvalue weighted by atomic mass is 10.1. The third-order valence-corrected chi connectivity index (χ3v) is 6.09. The van der Waals surface area contributed by atoms with Crippen LogP contribution in [0.1, 0.15) is 22.5 Å². The van der Waals surface area contributed by atoms with Gasteiger partial charge in [-0.1, -0.05) is 0 Å². The first-order chi connectivity index (χ1) is 15.9. The Morgan fingerprint density at radius 2 is 2.09 bits per heavy atom. The minimum Gasteiger partial charge on any atom is -0.463 e. The van der Waals surface area contributed by atoms with Crippen molar-refractivity contribution in [1.82, 2.24) is 20.1 Å². The molecule has 7 nitrogen and oxygen atoms in total. The molecule has 0 radical (unpaired) electrons. The summed E-state index contributed by atoms with van der Waals surface area (Å²) in [7, 11) is 1.79. The highest BCUT2D eigenvalue weighted by Crippen LogP contribution is 2.28. The number of aryl methyl sites for hydroxylation is 2. The van der Waals surface area contributed by atoms with E-state index < -0.39 is 11.6 Å². The third-order valence-electron chi connectivity index (χ3n) is 6.09. The number of benzene rings is 1. The minimum atomic E-state index is -0.856. The van der Waals surface area contributed by atoms with E-state index in [0.717, 1.165) is 24.7 Å². The summed E-state index contributed by atoms with van der Waals surface area (Å²) in [6, 6.07) is 9.23. The minimum absolute atomic E-state index is 0.193. The number of carbonyl (C=O) groups is 1. The highest BCUT2D eigenvalue weighted by Gasteiger charge is 2.25. The van der Waals surface area contributed by atoms with Crippen LogP contribution in [-0.4, -0.2) is 40.3 Å². The summed E-state index contributed by atoms with van der Waals surface area (Å²) in [5.74, 6) is -1.16. The molecule has 1 amide bonds. The Balaban J connectivity index is 1.34. The molecule has 9 heteroatoms. The molecule has 1 aromatic carbocycles. The maximum absolute atomic E-state index is 13.6. The van der Waals surface area contributed by atoms with E-state index in [-0.39, 0.29) is 11.8 Å². The van der Waals surface area contributed by atoms with Crippen LogP contribution in [0.4, 0.5) is 14.5 Å². The van der Waals surface area contributed by atoms with Gasteiger partial charge >= 0.3 is 0 Å². The van der Waals surface area contributed by atoms with Gasteiger partial charge in [-0.05, 0) is 49.6 Å². The monoisotopic (exact) mass is 451 g/mol. The number of nitrogens with zero attached hydrogens (tertiary/aromatic N) is 4. The first-order valence-electron chi connectivity index (χ1n) is 10.8. The molecule has 33 heavy (non-hydrogen) atoms. The van der Waals surface area contributed by atoms with Crippen LogP contribution in [0.15, 0.2) is 47.1 Å². The number of halogens is 2. The number of hydrogen-bond acceptors (Lipinski definition) is 5. The van der Waals surface area contributed by atoms with Crippen molar-refractivity contribution in [2.45, 2.75) is 13.3 Å². The normalized spacial score (nSPS) is 16.0. The Morgan fingerprint density at radius 3 is 2.85 bits per heavy atom. The summed E-state index contributed by atoms with van der Waals surface area (Å²) in [5, 5.41) is 8.18. The van der Waals surface area contributed by atoms with Gasteiger partial charge in [0.25, 0.3) is 5.91 Å². The second-order valence-corrected chi connectivity index (χ2v) is 8.35. The fourth-order valence-corrected chi connectivity index (χ4v) is 4.42. The molecule has 3 aromatic heterocycles. The van der Waals surface area contributed by atoms with Gasteiger partial charge in [0.15, 0.2) is 23.0 Å². The smallest absolute Gasteiger partial charge is 0.252 e. The maximum atomic E-state index is 13.6. The van der Waals surface area contributed by atoms with Crippen LogP contribution in [0.3, 0.4) is 0 Å². The molecular formula is C24H23F2N5O2. The van der Waals surface area contributed by atoms with E-state index in [1.54, 1.807) is 42.3 Å². The van der Waals surface area contributed by atoms with Crippen LogP contribution in [0, 0.1) is 24.5 Å². The lowest BCUT2D eigenvalue weighted by Gasteiger charge is -2.19. The molecule has 4 heterocycles. The average Bonchev–Trinajstić information content (AvgIpc) is 3.55. The van der Waals surface area contributed by atoms with E-state index in [2.05, 4.69) is 15.4 Å². The average molecular weight is 451 g/mol. The molecule has 0 bridgehead atoms. The van der Waals surface area contributed by atoms with E-state index in [9.17, 15) is 13.6 Å². The summed E-state index contributed by atoms with van der Waals surface area (Å²) in [4.78, 5) is 19.9. The first kappa shape index (κ1) is 21.1. The van der Waals surface area contributed by atoms with Gasteiger partial charge in [-0.25, -0.2) is 13.8 Å². The van der Waals surface area contributed by atoms with Crippen molar-refractivity contribution in [3.05, 3.63) is 65.6 Å². The molecule has 5 rings (SSSR count). The van der Waals surface area contributed by atoms with Crippen molar-refractivity contribution in [3.63, 3.8) is 0 Å². The number of fused-ring (bicyclic) bond motifs is 1. The number of rotatable bonds is 5. The van der Waals surface area contributed by atoms with Gasteiger partial charge in [-0.3, -0.25) is 9.48 Å². The molecule has 1 fully saturated rings. The molecule has 1 saturated heterocycles. The Bertz CT molecular complexity index is 1330. The van der Waals surface area contributed by atoms with Gasteiger partial charge in [0.2, 0.25) is 0 Å². The van der Waals surface area contributed by atoms with Gasteiger partial charge in [0.05, 0.1) is 22.9 Å². The predicted octanol–water partition coefficient (Wildman–Crippen LogP) is 4.07. The van der Waals surface area contributed by atoms with Crippen LogP contribution in [-0.2, 0) is 7.05 Å². The lowest BCUT2D eigenvalue weighted by Crippen LogP contribution is -2.31. The number of aromatic nitrogens is 3. The van der Waals surface area contributed by atoms with Gasteiger partial charge in [0, 0.05) is 38.4 Å². The Morgan fingerprint density at radius 1 is 1.24 bits per heavy atom. The zero-order valence-electron chi connectivity index (χ0n) is 18.3. The molecule has 1 atom stereocenters. The molecule has 0 saturated carbocycles. The van der Waals surface area contributed by atoms with E-state index in [0.29, 0.717) is 46.8 Å². The van der Waals surface area contributed by atoms with Gasteiger partial charge in [0.1, 0.15) is 5.69 Å². The number of amides is 1. The van der Waals surface area contributed by atoms with Crippen LogP contribution < -0.4 is 10.2 Å². The number of furan rings is 1. The second kappa shape index (κ2) is 8.31. The van der Waals surface area contributed by atoms with Gasteiger partial charge in [-0.2, -0.15) is 5.10 Å². The van der Waals surface area contributed by atoms with E-state index in [1.165, 1.54) is 6.07 Å². The Labute approximate surface area is 189 Å². The molecule has 4 aromatic rings. The lowest BCUT2D eigenvalue weighted by molar-refractivity contribution is 0.0950. The summed E-state index contributed by atoms with van der Waals surface area (Å²) < 4.78 is 34.0. The standard InChI is InChI=1S/C24H23F2N5O2/c1-14-22-17(11-20(21-4-3-9-33-21)28-23(22)30(2)29-14)24(32)27-12-15-7-8-31(13-15)16-5-6-18(25)19(26)10-16/h3-6,9-11,15H,7-8,12-13H2,1-2H3,(H,27,32). The van der Waals surface area contributed by atoms with Crippen LogP contribution >= 0.6 is 0 Å². The topological polar surface area (TPSA) is 76.2 Å². The molecule has 1 aliphatic rings. The molecule has 1 aliphatic heterocycles. The van der Waals surface area contributed by atoms with Crippen LogP contribution in [0.25, 0.3) is 22.5 Å².